The number of carbonyl (C=O) groups is 1. The third-order valence-electron chi connectivity index (χ3n) is 4.05. The third kappa shape index (κ3) is 5.79. The second kappa shape index (κ2) is 9.66. The summed E-state index contributed by atoms with van der Waals surface area (Å²) >= 11 is 3.36. The lowest BCUT2D eigenvalue weighted by molar-refractivity contribution is -0.0271. The molecule has 0 radical (unpaired) electrons. The molecule has 3 rings (SSSR count). The molecule has 2 aromatic rings. The van der Waals surface area contributed by atoms with E-state index >= 15 is 0 Å². The van der Waals surface area contributed by atoms with Crippen LogP contribution >= 0.6 is 15.9 Å². The van der Waals surface area contributed by atoms with Crippen LogP contribution in [0.4, 0.5) is 4.79 Å². The van der Waals surface area contributed by atoms with Crippen LogP contribution < -0.4 is 5.32 Å². The van der Waals surface area contributed by atoms with Crippen LogP contribution in [0.5, 0.6) is 0 Å². The second-order valence-electron chi connectivity index (χ2n) is 6.06. The highest BCUT2D eigenvalue weighted by atomic mass is 79.9. The summed E-state index contributed by atoms with van der Waals surface area (Å²) < 4.78 is 12.0. The monoisotopic (exact) mass is 419 g/mol. The molecule has 1 aromatic heterocycles. The van der Waals surface area contributed by atoms with E-state index in [4.69, 9.17) is 9.47 Å². The third-order valence-corrected chi connectivity index (χ3v) is 4.49. The molecule has 1 unspecified atom stereocenters. The van der Waals surface area contributed by atoms with Gasteiger partial charge in [-0.25, -0.2) is 9.78 Å². The van der Waals surface area contributed by atoms with Crippen molar-refractivity contribution in [2.45, 2.75) is 19.3 Å². The highest BCUT2D eigenvalue weighted by Crippen LogP contribution is 2.09. The molecule has 26 heavy (non-hydrogen) atoms. The van der Waals surface area contributed by atoms with Gasteiger partial charge >= 0.3 is 6.09 Å². The molecule has 0 spiro atoms. The van der Waals surface area contributed by atoms with E-state index in [-0.39, 0.29) is 18.8 Å². The summed E-state index contributed by atoms with van der Waals surface area (Å²) in [5, 5.41) is 3.33. The smallest absolute Gasteiger partial charge is 0.410 e. The fourth-order valence-corrected chi connectivity index (χ4v) is 3.11. The van der Waals surface area contributed by atoms with Gasteiger partial charge in [0.05, 0.1) is 24.9 Å². The maximum atomic E-state index is 12.3. The number of nitrogens with zero attached hydrogens (tertiary/aromatic N) is 2. The first kappa shape index (κ1) is 18.8. The lowest BCUT2D eigenvalue weighted by Gasteiger charge is -2.32. The van der Waals surface area contributed by atoms with Crippen molar-refractivity contribution in [2.75, 3.05) is 26.2 Å². The van der Waals surface area contributed by atoms with Crippen molar-refractivity contribution >= 4 is 22.0 Å². The lowest BCUT2D eigenvalue weighted by atomic mass is 10.2. The molecule has 6 nitrogen and oxygen atoms in total. The second-order valence-corrected chi connectivity index (χ2v) is 6.87. The van der Waals surface area contributed by atoms with Gasteiger partial charge in [-0.2, -0.15) is 0 Å². The van der Waals surface area contributed by atoms with Crippen LogP contribution in [0.2, 0.25) is 0 Å². The van der Waals surface area contributed by atoms with E-state index in [1.165, 1.54) is 0 Å². The number of amides is 1. The van der Waals surface area contributed by atoms with E-state index in [9.17, 15) is 4.79 Å². The molecule has 0 bridgehead atoms. The largest absolute Gasteiger partial charge is 0.445 e. The van der Waals surface area contributed by atoms with Crippen molar-refractivity contribution in [2.24, 2.45) is 0 Å². The minimum Gasteiger partial charge on any atom is -0.445 e. The van der Waals surface area contributed by atoms with Gasteiger partial charge in [0.25, 0.3) is 0 Å². The first-order valence-electron chi connectivity index (χ1n) is 8.60. The Bertz CT molecular complexity index is 714. The van der Waals surface area contributed by atoms with Gasteiger partial charge in [0.2, 0.25) is 0 Å². The molecule has 0 aliphatic carbocycles. The highest BCUT2D eigenvalue weighted by Gasteiger charge is 2.25. The van der Waals surface area contributed by atoms with Crippen LogP contribution in [0.15, 0.2) is 53.1 Å². The van der Waals surface area contributed by atoms with E-state index in [1.807, 2.05) is 48.5 Å². The Balaban J connectivity index is 1.41. The molecule has 1 amide bonds. The number of nitrogens with one attached hydrogen (secondary N) is 1. The van der Waals surface area contributed by atoms with Gasteiger partial charge in [-0.3, -0.25) is 0 Å². The average molecular weight is 420 g/mol. The SMILES string of the molecule is O=C(OCc1ccccc1)N1CCOC(CNCc2cccc(Br)n2)C1. The molecule has 1 atom stereocenters. The molecule has 1 N–H and O–H groups in total. The van der Waals surface area contributed by atoms with Crippen molar-refractivity contribution in [3.8, 4) is 0 Å². The Morgan fingerprint density at radius 1 is 1.27 bits per heavy atom. The van der Waals surface area contributed by atoms with E-state index in [1.54, 1.807) is 4.90 Å². The van der Waals surface area contributed by atoms with Gasteiger partial charge in [-0.05, 0) is 33.6 Å². The number of hydrogen-bond acceptors (Lipinski definition) is 5. The zero-order valence-electron chi connectivity index (χ0n) is 14.4. The summed E-state index contributed by atoms with van der Waals surface area (Å²) in [6, 6.07) is 15.5. The predicted molar refractivity (Wildman–Crippen MR) is 102 cm³/mol. The molecule has 1 saturated heterocycles. The van der Waals surface area contributed by atoms with Crippen LogP contribution in [0.1, 0.15) is 11.3 Å². The Morgan fingerprint density at radius 3 is 2.92 bits per heavy atom. The minimum absolute atomic E-state index is 0.0554. The number of ether oxygens (including phenoxy) is 2. The van der Waals surface area contributed by atoms with Crippen LogP contribution in [-0.4, -0.2) is 48.3 Å². The van der Waals surface area contributed by atoms with Crippen LogP contribution in [0, 0.1) is 0 Å². The summed E-state index contributed by atoms with van der Waals surface area (Å²) in [7, 11) is 0. The summed E-state index contributed by atoms with van der Waals surface area (Å²) in [5.41, 5.74) is 1.93. The van der Waals surface area contributed by atoms with Gasteiger partial charge in [-0.15, -0.1) is 0 Å². The number of benzene rings is 1. The van der Waals surface area contributed by atoms with Crippen LogP contribution in [0.25, 0.3) is 0 Å². The fraction of sp³-hybridized carbons (Fsp3) is 0.368. The highest BCUT2D eigenvalue weighted by molar-refractivity contribution is 9.10. The molecule has 0 saturated carbocycles. The fourth-order valence-electron chi connectivity index (χ4n) is 2.73. The first-order valence-corrected chi connectivity index (χ1v) is 9.39. The van der Waals surface area contributed by atoms with Gasteiger partial charge in [0, 0.05) is 19.6 Å². The standard InChI is InChI=1S/C19H22BrN3O3/c20-18-8-4-7-16(22-18)11-21-12-17-13-23(9-10-25-17)19(24)26-14-15-5-2-1-3-6-15/h1-8,17,21H,9-14H2. The number of hydrogen-bond donors (Lipinski definition) is 1. The van der Waals surface area contributed by atoms with E-state index in [0.29, 0.717) is 32.8 Å². The Morgan fingerprint density at radius 2 is 2.12 bits per heavy atom. The van der Waals surface area contributed by atoms with Crippen LogP contribution in [-0.2, 0) is 22.6 Å². The van der Waals surface area contributed by atoms with E-state index in [0.717, 1.165) is 15.9 Å². The summed E-state index contributed by atoms with van der Waals surface area (Å²) in [6.45, 7) is 3.18. The number of rotatable bonds is 6. The predicted octanol–water partition coefficient (Wildman–Crippen LogP) is 2.97. The molecule has 1 aliphatic rings. The summed E-state index contributed by atoms with van der Waals surface area (Å²) in [6.07, 6.45) is -0.351. The van der Waals surface area contributed by atoms with E-state index in [2.05, 4.69) is 26.2 Å². The molecule has 1 aromatic carbocycles. The molecule has 1 aliphatic heterocycles. The van der Waals surface area contributed by atoms with Gasteiger partial charge in [0.1, 0.15) is 11.2 Å². The molecule has 7 heteroatoms. The number of morpholine rings is 1. The molecule has 138 valence electrons. The zero-order chi connectivity index (χ0) is 18.2. The zero-order valence-corrected chi connectivity index (χ0v) is 16.0. The molecular weight excluding hydrogens is 398 g/mol. The molecule has 1 fully saturated rings. The summed E-state index contributed by atoms with van der Waals surface area (Å²) in [4.78, 5) is 18.3. The topological polar surface area (TPSA) is 63.7 Å². The van der Waals surface area contributed by atoms with Gasteiger partial charge in [0.15, 0.2) is 0 Å². The Labute approximate surface area is 161 Å². The number of aromatic nitrogens is 1. The van der Waals surface area contributed by atoms with Crippen LogP contribution in [0.3, 0.4) is 0 Å². The maximum Gasteiger partial charge on any atom is 0.410 e. The van der Waals surface area contributed by atoms with Crippen molar-refractivity contribution in [3.05, 3.63) is 64.4 Å². The first-order chi connectivity index (χ1) is 12.7. The molecular formula is C19H22BrN3O3. The van der Waals surface area contributed by atoms with Gasteiger partial charge in [-0.1, -0.05) is 36.4 Å². The summed E-state index contributed by atoms with van der Waals surface area (Å²) in [5.74, 6) is 0. The Kier molecular flexibility index (Phi) is 6.99. The quantitative estimate of drug-likeness (QED) is 0.729. The number of carbonyl (C=O) groups excluding carboxylic acids is 1. The van der Waals surface area contributed by atoms with Crippen molar-refractivity contribution < 1.29 is 14.3 Å². The normalized spacial score (nSPS) is 17.1. The lowest BCUT2D eigenvalue weighted by Crippen LogP contribution is -2.49. The number of halogens is 1. The molecule has 2 heterocycles. The minimum atomic E-state index is -0.296. The van der Waals surface area contributed by atoms with Crippen molar-refractivity contribution in [1.29, 1.82) is 0 Å². The van der Waals surface area contributed by atoms with Crippen molar-refractivity contribution in [1.82, 2.24) is 15.2 Å². The van der Waals surface area contributed by atoms with Gasteiger partial charge < -0.3 is 19.7 Å². The van der Waals surface area contributed by atoms with Crippen molar-refractivity contribution in [3.63, 3.8) is 0 Å². The maximum absolute atomic E-state index is 12.3. The van der Waals surface area contributed by atoms with E-state index < -0.39 is 0 Å². The number of pyridine rings is 1. The Hall–Kier alpha value is -1.96. The average Bonchev–Trinajstić information content (AvgIpc) is 2.67.